The summed E-state index contributed by atoms with van der Waals surface area (Å²) in [7, 11) is 3.84. The van der Waals surface area contributed by atoms with Crippen LogP contribution in [-0.4, -0.2) is 64.1 Å². The Hall–Kier alpha value is -2.99. The van der Waals surface area contributed by atoms with Crippen LogP contribution in [0, 0.1) is 17.2 Å². The number of hydrogen-bond donors (Lipinski definition) is 1. The lowest BCUT2D eigenvalue weighted by atomic mass is 9.98. The largest absolute Gasteiger partial charge is 0.472 e. The van der Waals surface area contributed by atoms with Crippen molar-refractivity contribution >= 4 is 11.6 Å². The van der Waals surface area contributed by atoms with Crippen LogP contribution in [-0.2, 0) is 11.8 Å². The molecular formula is C21H29N7O2. The minimum absolute atomic E-state index is 0.0130. The highest BCUT2D eigenvalue weighted by molar-refractivity contribution is 5.96. The van der Waals surface area contributed by atoms with Crippen molar-refractivity contribution in [1.82, 2.24) is 19.6 Å². The van der Waals surface area contributed by atoms with E-state index in [-0.39, 0.29) is 18.3 Å². The number of ether oxygens (including phenoxy) is 2. The van der Waals surface area contributed by atoms with Gasteiger partial charge in [0.1, 0.15) is 23.6 Å². The van der Waals surface area contributed by atoms with Crippen molar-refractivity contribution in [2.24, 2.45) is 18.0 Å². The fourth-order valence-electron chi connectivity index (χ4n) is 4.30. The number of fused-ring (bicyclic) bond motifs is 1. The maximum atomic E-state index is 9.79. The average Bonchev–Trinajstić information content (AvgIpc) is 3.39. The zero-order valence-electron chi connectivity index (χ0n) is 18.2. The second-order valence-corrected chi connectivity index (χ2v) is 8.20. The molecule has 0 saturated carbocycles. The quantitative estimate of drug-likeness (QED) is 0.795. The van der Waals surface area contributed by atoms with Crippen molar-refractivity contribution in [3.63, 3.8) is 0 Å². The van der Waals surface area contributed by atoms with Crippen LogP contribution in [0.1, 0.15) is 27.2 Å². The fraction of sp³-hybridized carbons (Fsp3) is 0.571. The first kappa shape index (κ1) is 20.3. The number of rotatable bonds is 5. The molecule has 160 valence electrons. The Bertz CT molecular complexity index is 940. The van der Waals surface area contributed by atoms with Crippen LogP contribution in [0.25, 0.3) is 0 Å². The number of nitriles is 1. The van der Waals surface area contributed by atoms with Gasteiger partial charge in [-0.2, -0.15) is 5.26 Å². The lowest BCUT2D eigenvalue weighted by Crippen LogP contribution is -2.54. The predicted octanol–water partition coefficient (Wildman–Crippen LogP) is 2.28. The van der Waals surface area contributed by atoms with Gasteiger partial charge in [-0.3, -0.25) is 4.68 Å². The van der Waals surface area contributed by atoms with E-state index in [1.54, 1.807) is 4.68 Å². The second kappa shape index (κ2) is 8.03. The molecule has 0 bridgehead atoms. The maximum absolute atomic E-state index is 9.79. The second-order valence-electron chi connectivity index (χ2n) is 8.20. The molecule has 0 spiro atoms. The third-order valence-corrected chi connectivity index (χ3v) is 5.73. The summed E-state index contributed by atoms with van der Waals surface area (Å²) in [4.78, 5) is 8.87. The van der Waals surface area contributed by atoms with Gasteiger partial charge in [-0.15, -0.1) is 5.10 Å². The lowest BCUT2D eigenvalue weighted by Gasteiger charge is -2.42. The van der Waals surface area contributed by atoms with Gasteiger partial charge >= 0.3 is 0 Å². The zero-order valence-corrected chi connectivity index (χ0v) is 18.2. The van der Waals surface area contributed by atoms with Gasteiger partial charge in [-0.05, 0) is 26.3 Å². The number of aromatic nitrogens is 2. The van der Waals surface area contributed by atoms with Crippen molar-refractivity contribution in [3.8, 4) is 11.9 Å². The van der Waals surface area contributed by atoms with Crippen LogP contribution in [0.5, 0.6) is 5.88 Å². The molecule has 1 N–H and O–H groups in total. The minimum Gasteiger partial charge on any atom is -0.472 e. The van der Waals surface area contributed by atoms with E-state index in [9.17, 15) is 5.26 Å². The fourth-order valence-corrected chi connectivity index (χ4v) is 4.30. The number of anilines is 1. The average molecular weight is 412 g/mol. The van der Waals surface area contributed by atoms with Crippen LogP contribution in [0.3, 0.4) is 0 Å². The molecule has 30 heavy (non-hydrogen) atoms. The van der Waals surface area contributed by atoms with Crippen LogP contribution < -0.4 is 10.1 Å². The van der Waals surface area contributed by atoms with Gasteiger partial charge in [0.15, 0.2) is 0 Å². The van der Waals surface area contributed by atoms with Crippen molar-refractivity contribution in [1.29, 1.82) is 5.26 Å². The Morgan fingerprint density at radius 1 is 1.37 bits per heavy atom. The molecule has 0 aromatic carbocycles. The number of allylic oxidation sites excluding steroid dienone is 1. The number of aryl methyl sites for hydroxylation is 1. The number of hydrogen-bond acceptors (Lipinski definition) is 8. The summed E-state index contributed by atoms with van der Waals surface area (Å²) in [5.74, 6) is 1.61. The van der Waals surface area contributed by atoms with Crippen molar-refractivity contribution in [2.45, 2.75) is 45.5 Å². The maximum Gasteiger partial charge on any atom is 0.257 e. The van der Waals surface area contributed by atoms with E-state index >= 15 is 0 Å². The molecule has 3 aliphatic rings. The van der Waals surface area contributed by atoms with E-state index in [1.807, 2.05) is 46.4 Å². The van der Waals surface area contributed by atoms with Crippen molar-refractivity contribution < 1.29 is 9.47 Å². The molecule has 0 radical (unpaired) electrons. The van der Waals surface area contributed by atoms with Gasteiger partial charge in [0.2, 0.25) is 5.96 Å². The molecule has 3 atom stereocenters. The highest BCUT2D eigenvalue weighted by atomic mass is 16.5. The van der Waals surface area contributed by atoms with E-state index in [2.05, 4.69) is 38.2 Å². The summed E-state index contributed by atoms with van der Waals surface area (Å²) < 4.78 is 13.3. The summed E-state index contributed by atoms with van der Waals surface area (Å²) in [5, 5.41) is 17.5. The van der Waals surface area contributed by atoms with Gasteiger partial charge < -0.3 is 24.6 Å². The van der Waals surface area contributed by atoms with E-state index in [0.717, 1.165) is 24.3 Å². The molecule has 4 heterocycles. The molecule has 1 fully saturated rings. The monoisotopic (exact) mass is 411 g/mol. The van der Waals surface area contributed by atoms with Crippen molar-refractivity contribution in [2.75, 3.05) is 25.6 Å². The van der Waals surface area contributed by atoms with Gasteiger partial charge in [0.25, 0.3) is 5.88 Å². The molecule has 1 unspecified atom stereocenters. The SMILES string of the molecule is CC[C@@H]1COC[C@@H]1N1C(C#N)=CC2=CN=C(Nc3cn(C)nc3OC(C)C)N(C)C21. The Labute approximate surface area is 177 Å². The van der Waals surface area contributed by atoms with Gasteiger partial charge in [0, 0.05) is 31.8 Å². The molecule has 3 aliphatic heterocycles. The normalized spacial score (nSPS) is 25.6. The molecule has 1 saturated heterocycles. The van der Waals surface area contributed by atoms with Crippen LogP contribution in [0.15, 0.2) is 34.7 Å². The van der Waals surface area contributed by atoms with Crippen LogP contribution in [0.4, 0.5) is 5.69 Å². The molecule has 9 heteroatoms. The summed E-state index contributed by atoms with van der Waals surface area (Å²) >= 11 is 0. The predicted molar refractivity (Wildman–Crippen MR) is 114 cm³/mol. The molecule has 1 aromatic rings. The van der Waals surface area contributed by atoms with Gasteiger partial charge in [0.05, 0.1) is 31.6 Å². The first-order valence-corrected chi connectivity index (χ1v) is 10.4. The summed E-state index contributed by atoms with van der Waals surface area (Å²) in [6, 6.07) is 2.53. The molecule has 9 nitrogen and oxygen atoms in total. The number of likely N-dealkylation sites (N-methyl/N-ethyl adjacent to an activating group) is 1. The summed E-state index contributed by atoms with van der Waals surface area (Å²) in [6.07, 6.45) is 6.56. The first-order valence-electron chi connectivity index (χ1n) is 10.4. The van der Waals surface area contributed by atoms with Crippen LogP contribution in [0.2, 0.25) is 0 Å². The molecule has 0 aliphatic carbocycles. The standard InChI is InChI=1S/C21H29N7O2/c1-6-14-11-29-12-18(14)28-16(8-22)7-15-9-23-21(27(5)20(15)28)24-17-10-26(4)25-19(17)30-13(2)3/h7,9-10,13-14,18,20H,6,11-12H2,1-5H3,(H,23,24)/t14-,18+,20?/m1/s1. The van der Waals surface area contributed by atoms with Gasteiger partial charge in [-0.25, -0.2) is 4.99 Å². The Kier molecular flexibility index (Phi) is 5.43. The molecule has 1 aromatic heterocycles. The van der Waals surface area contributed by atoms with E-state index in [1.165, 1.54) is 0 Å². The first-order chi connectivity index (χ1) is 14.4. The number of nitrogens with zero attached hydrogens (tertiary/aromatic N) is 6. The third kappa shape index (κ3) is 3.52. The molecular weight excluding hydrogens is 382 g/mol. The number of guanidine groups is 1. The summed E-state index contributed by atoms with van der Waals surface area (Å²) in [5.41, 5.74) is 2.42. The van der Waals surface area contributed by atoms with E-state index < -0.39 is 0 Å². The third-order valence-electron chi connectivity index (χ3n) is 5.73. The Balaban J connectivity index is 1.62. The van der Waals surface area contributed by atoms with Gasteiger partial charge in [-0.1, -0.05) is 6.92 Å². The van der Waals surface area contributed by atoms with E-state index in [0.29, 0.717) is 30.1 Å². The minimum atomic E-state index is -0.105. The highest BCUT2D eigenvalue weighted by Crippen LogP contribution is 2.37. The number of nitrogens with one attached hydrogen (secondary N) is 1. The Morgan fingerprint density at radius 2 is 2.17 bits per heavy atom. The van der Waals surface area contributed by atoms with Crippen LogP contribution >= 0.6 is 0 Å². The molecule has 4 rings (SSSR count). The van der Waals surface area contributed by atoms with E-state index in [4.69, 9.17) is 9.47 Å². The lowest BCUT2D eigenvalue weighted by molar-refractivity contribution is 0.111. The van der Waals surface area contributed by atoms with Crippen molar-refractivity contribution in [3.05, 3.63) is 29.7 Å². The Morgan fingerprint density at radius 3 is 2.87 bits per heavy atom. The summed E-state index contributed by atoms with van der Waals surface area (Å²) in [6.45, 7) is 7.47. The highest BCUT2D eigenvalue weighted by Gasteiger charge is 2.44. The number of aliphatic imine (C=N–C) groups is 1. The zero-order chi connectivity index (χ0) is 21.4. The topological polar surface area (TPSA) is 90.9 Å². The molecule has 0 amide bonds. The smallest absolute Gasteiger partial charge is 0.257 e.